The molecular weight excluding hydrogens is 290 g/mol. The fourth-order valence-electron chi connectivity index (χ4n) is 1.66. The zero-order valence-corrected chi connectivity index (χ0v) is 13.2. The van der Waals surface area contributed by atoms with Gasteiger partial charge in [0.05, 0.1) is 5.69 Å². The van der Waals surface area contributed by atoms with Gasteiger partial charge in [-0.2, -0.15) is 0 Å². The van der Waals surface area contributed by atoms with E-state index in [4.69, 9.17) is 0 Å². The van der Waals surface area contributed by atoms with Gasteiger partial charge in [-0.15, -0.1) is 16.9 Å². The van der Waals surface area contributed by atoms with Crippen LogP contribution in [0.25, 0.3) is 0 Å². The van der Waals surface area contributed by atoms with Crippen molar-refractivity contribution in [2.75, 3.05) is 12.3 Å². The average Bonchev–Trinajstić information content (AvgIpc) is 2.94. The highest BCUT2D eigenvalue weighted by Crippen LogP contribution is 2.17. The number of aryl methyl sites for hydroxylation is 2. The first-order valence-electron chi connectivity index (χ1n) is 6.49. The zero-order chi connectivity index (χ0) is 14.4. The molecule has 0 saturated heterocycles. The van der Waals surface area contributed by atoms with Gasteiger partial charge < -0.3 is 5.32 Å². The summed E-state index contributed by atoms with van der Waals surface area (Å²) in [5.74, 6) is 0.782. The fraction of sp³-hybridized carbons (Fsp3) is 0.357. The van der Waals surface area contributed by atoms with Crippen molar-refractivity contribution in [1.82, 2.24) is 14.9 Å². The molecule has 0 fully saturated rings. The van der Waals surface area contributed by atoms with E-state index in [1.54, 1.807) is 11.8 Å². The molecule has 1 aromatic carbocycles. The molecule has 0 aliphatic carbocycles. The lowest BCUT2D eigenvalue weighted by atomic mass is 10.2. The van der Waals surface area contributed by atoms with Gasteiger partial charge >= 0.3 is 0 Å². The number of nitrogens with zero attached hydrogens (tertiary/aromatic N) is 2. The number of carbonyl (C=O) groups excluding carboxylic acids is 1. The number of carbonyl (C=O) groups is 1. The second kappa shape index (κ2) is 7.40. The smallest absolute Gasteiger partial charge is 0.264 e. The molecule has 1 N–H and O–H groups in total. The van der Waals surface area contributed by atoms with Crippen LogP contribution in [0.15, 0.2) is 29.2 Å². The zero-order valence-electron chi connectivity index (χ0n) is 11.5. The van der Waals surface area contributed by atoms with Gasteiger partial charge in [0.1, 0.15) is 4.88 Å². The van der Waals surface area contributed by atoms with E-state index in [2.05, 4.69) is 46.1 Å². The van der Waals surface area contributed by atoms with Gasteiger partial charge in [0.25, 0.3) is 5.91 Å². The van der Waals surface area contributed by atoms with Crippen molar-refractivity contribution in [2.45, 2.75) is 25.2 Å². The summed E-state index contributed by atoms with van der Waals surface area (Å²) in [6, 6.07) is 8.39. The van der Waals surface area contributed by atoms with Gasteiger partial charge in [0.2, 0.25) is 0 Å². The van der Waals surface area contributed by atoms with Crippen LogP contribution in [0.1, 0.15) is 27.9 Å². The van der Waals surface area contributed by atoms with E-state index in [0.717, 1.165) is 29.4 Å². The molecule has 0 atom stereocenters. The van der Waals surface area contributed by atoms with E-state index in [1.165, 1.54) is 10.5 Å². The molecule has 1 aromatic heterocycles. The van der Waals surface area contributed by atoms with E-state index in [-0.39, 0.29) is 5.91 Å². The molecular formula is C14H17N3OS2. The van der Waals surface area contributed by atoms with Crippen molar-refractivity contribution in [3.8, 4) is 0 Å². The van der Waals surface area contributed by atoms with Gasteiger partial charge in [0, 0.05) is 17.2 Å². The Morgan fingerprint density at radius 2 is 2.10 bits per heavy atom. The Kier molecular flexibility index (Phi) is 5.55. The van der Waals surface area contributed by atoms with Crippen LogP contribution in [0.4, 0.5) is 0 Å². The van der Waals surface area contributed by atoms with Crippen LogP contribution >= 0.6 is 23.3 Å². The molecule has 0 aliphatic rings. The molecule has 0 bridgehead atoms. The monoisotopic (exact) mass is 307 g/mol. The maximum atomic E-state index is 12.0. The third-order valence-electron chi connectivity index (χ3n) is 2.77. The Morgan fingerprint density at radius 1 is 1.35 bits per heavy atom. The number of amides is 1. The van der Waals surface area contributed by atoms with Crippen molar-refractivity contribution < 1.29 is 4.79 Å². The minimum Gasteiger partial charge on any atom is -0.350 e. The molecule has 1 heterocycles. The summed E-state index contributed by atoms with van der Waals surface area (Å²) < 4.78 is 3.82. The molecule has 20 heavy (non-hydrogen) atoms. The number of thioether (sulfide) groups is 1. The lowest BCUT2D eigenvalue weighted by molar-refractivity contribution is 0.0959. The Balaban J connectivity index is 1.76. The summed E-state index contributed by atoms with van der Waals surface area (Å²) in [5, 5.41) is 6.85. The van der Waals surface area contributed by atoms with Crippen LogP contribution in [-0.4, -0.2) is 27.8 Å². The minimum atomic E-state index is -0.0682. The quantitative estimate of drug-likeness (QED) is 0.658. The maximum absolute atomic E-state index is 12.0. The number of nitrogens with one attached hydrogen (secondary N) is 1. The Morgan fingerprint density at radius 3 is 2.80 bits per heavy atom. The third-order valence-corrected chi connectivity index (χ3v) is 4.55. The van der Waals surface area contributed by atoms with Crippen molar-refractivity contribution in [3.63, 3.8) is 0 Å². The second-order valence-electron chi connectivity index (χ2n) is 4.32. The third kappa shape index (κ3) is 4.05. The summed E-state index contributed by atoms with van der Waals surface area (Å²) in [4.78, 5) is 13.8. The van der Waals surface area contributed by atoms with Crippen molar-refractivity contribution in [2.24, 2.45) is 0 Å². The lowest BCUT2D eigenvalue weighted by Gasteiger charge is -2.04. The van der Waals surface area contributed by atoms with Crippen LogP contribution in [-0.2, 0) is 6.42 Å². The lowest BCUT2D eigenvalue weighted by Crippen LogP contribution is -2.25. The average molecular weight is 307 g/mol. The molecule has 0 aliphatic heterocycles. The number of aromatic nitrogens is 2. The van der Waals surface area contributed by atoms with Crippen molar-refractivity contribution in [3.05, 3.63) is 40.4 Å². The summed E-state index contributed by atoms with van der Waals surface area (Å²) in [6.07, 6.45) is 0.734. The molecule has 4 nitrogen and oxygen atoms in total. The first-order chi connectivity index (χ1) is 9.70. The molecule has 6 heteroatoms. The largest absolute Gasteiger partial charge is 0.350 e. The van der Waals surface area contributed by atoms with Crippen LogP contribution in [0.3, 0.4) is 0 Å². The normalized spacial score (nSPS) is 10.5. The number of hydrogen-bond acceptors (Lipinski definition) is 5. The second-order valence-corrected chi connectivity index (χ2v) is 6.24. The molecule has 1 amide bonds. The molecule has 0 spiro atoms. The highest BCUT2D eigenvalue weighted by atomic mass is 32.2. The molecule has 2 rings (SSSR count). The molecule has 2 aromatic rings. The van der Waals surface area contributed by atoms with Gasteiger partial charge in [-0.1, -0.05) is 29.1 Å². The number of hydrogen-bond donors (Lipinski definition) is 1. The van der Waals surface area contributed by atoms with E-state index in [0.29, 0.717) is 11.4 Å². The van der Waals surface area contributed by atoms with Crippen LogP contribution in [0, 0.1) is 6.92 Å². The van der Waals surface area contributed by atoms with Gasteiger partial charge in [-0.05, 0) is 37.0 Å². The maximum Gasteiger partial charge on any atom is 0.264 e. The Labute approximate surface area is 127 Å². The number of rotatable bonds is 6. The van der Waals surface area contributed by atoms with Crippen molar-refractivity contribution in [1.29, 1.82) is 0 Å². The van der Waals surface area contributed by atoms with Crippen LogP contribution in [0.2, 0.25) is 0 Å². The topological polar surface area (TPSA) is 54.9 Å². The van der Waals surface area contributed by atoms with E-state index < -0.39 is 0 Å². The van der Waals surface area contributed by atoms with Gasteiger partial charge in [-0.25, -0.2) is 0 Å². The Hall–Kier alpha value is -1.40. The number of benzene rings is 1. The molecule has 0 radical (unpaired) electrons. The molecule has 106 valence electrons. The summed E-state index contributed by atoms with van der Waals surface area (Å²) >= 11 is 2.89. The van der Waals surface area contributed by atoms with Crippen LogP contribution < -0.4 is 5.32 Å². The first-order valence-corrected chi connectivity index (χ1v) is 8.25. The van der Waals surface area contributed by atoms with Gasteiger partial charge in [-0.3, -0.25) is 4.79 Å². The first kappa shape index (κ1) is 15.0. The molecule has 0 saturated carbocycles. The van der Waals surface area contributed by atoms with E-state index in [9.17, 15) is 4.79 Å². The predicted octanol–water partition coefficient (Wildman–Crippen LogP) is 2.93. The summed E-state index contributed by atoms with van der Waals surface area (Å²) in [5.41, 5.74) is 2.03. The highest BCUT2D eigenvalue weighted by molar-refractivity contribution is 7.99. The van der Waals surface area contributed by atoms with Crippen LogP contribution in [0.5, 0.6) is 0 Å². The van der Waals surface area contributed by atoms with Gasteiger partial charge in [0.15, 0.2) is 0 Å². The SMILES string of the molecule is CCc1nnsc1C(=O)NCCSc1ccc(C)cc1. The minimum absolute atomic E-state index is 0.0682. The summed E-state index contributed by atoms with van der Waals surface area (Å²) in [6.45, 7) is 4.68. The molecule has 0 unspecified atom stereocenters. The summed E-state index contributed by atoms with van der Waals surface area (Å²) in [7, 11) is 0. The predicted molar refractivity (Wildman–Crippen MR) is 83.5 cm³/mol. The highest BCUT2D eigenvalue weighted by Gasteiger charge is 2.13. The van der Waals surface area contributed by atoms with E-state index in [1.807, 2.05) is 6.92 Å². The van der Waals surface area contributed by atoms with Crippen molar-refractivity contribution >= 4 is 29.2 Å². The fourth-order valence-corrected chi connectivity index (χ4v) is 3.10. The standard InChI is InChI=1S/C14H17N3OS2/c1-3-12-13(20-17-16-12)14(18)15-8-9-19-11-6-4-10(2)5-7-11/h4-7H,3,8-9H2,1-2H3,(H,15,18). The Bertz CT molecular complexity index is 566. The van der Waals surface area contributed by atoms with E-state index >= 15 is 0 Å².